The summed E-state index contributed by atoms with van der Waals surface area (Å²) >= 11 is 12.4. The van der Waals surface area contributed by atoms with Crippen molar-refractivity contribution in [1.29, 1.82) is 0 Å². The average molecular weight is 492 g/mol. The van der Waals surface area contributed by atoms with E-state index in [9.17, 15) is 4.39 Å². The zero-order valence-corrected chi connectivity index (χ0v) is 19.5. The van der Waals surface area contributed by atoms with Crippen molar-refractivity contribution in [2.24, 2.45) is 5.41 Å². The first kappa shape index (κ1) is 22.4. The topological polar surface area (TPSA) is 87.2 Å². The van der Waals surface area contributed by atoms with Crippen LogP contribution in [0.5, 0.6) is 5.75 Å². The fraction of sp³-hybridized carbons (Fsp3) is 0.391. The highest BCUT2D eigenvalue weighted by Crippen LogP contribution is 2.43. The molecule has 0 radical (unpaired) electrons. The first-order valence-electron chi connectivity index (χ1n) is 10.8. The number of nitrogen functional groups attached to an aromatic ring is 1. The van der Waals surface area contributed by atoms with E-state index in [0.717, 1.165) is 43.9 Å². The van der Waals surface area contributed by atoms with Crippen LogP contribution in [0.25, 0.3) is 11.1 Å². The number of aromatic nitrogens is 3. The van der Waals surface area contributed by atoms with Gasteiger partial charge in [0.1, 0.15) is 11.9 Å². The lowest BCUT2D eigenvalue weighted by Gasteiger charge is -2.49. The van der Waals surface area contributed by atoms with Gasteiger partial charge in [0.15, 0.2) is 11.6 Å². The quantitative estimate of drug-likeness (QED) is 0.504. The third-order valence-electron chi connectivity index (χ3n) is 6.48. The number of benzene rings is 1. The van der Waals surface area contributed by atoms with E-state index < -0.39 is 11.9 Å². The number of anilines is 1. The van der Waals surface area contributed by atoms with Crippen LogP contribution in [-0.2, 0) is 4.74 Å². The van der Waals surface area contributed by atoms with Crippen molar-refractivity contribution in [3.05, 3.63) is 58.2 Å². The van der Waals surface area contributed by atoms with Crippen molar-refractivity contribution in [3.63, 3.8) is 0 Å². The number of hydrogen-bond acceptors (Lipinski definition) is 6. The number of halogens is 3. The summed E-state index contributed by atoms with van der Waals surface area (Å²) in [5, 5.41) is 8.35. The van der Waals surface area contributed by atoms with Gasteiger partial charge in [0, 0.05) is 40.7 Å². The van der Waals surface area contributed by atoms with Gasteiger partial charge in [-0.05, 0) is 38.1 Å². The van der Waals surface area contributed by atoms with Gasteiger partial charge in [0.2, 0.25) is 0 Å². The SMILES string of the molecule is C[C@@H](Oc1cc(-c2cnn(C3CCNCC34COC4)c2)cnc1N)c1c(Cl)ccc(F)c1Cl. The van der Waals surface area contributed by atoms with Crippen LogP contribution in [0.1, 0.15) is 31.1 Å². The van der Waals surface area contributed by atoms with E-state index in [2.05, 4.69) is 15.4 Å². The summed E-state index contributed by atoms with van der Waals surface area (Å²) in [6, 6.07) is 4.74. The van der Waals surface area contributed by atoms with Crippen molar-refractivity contribution in [3.8, 4) is 16.9 Å². The molecule has 174 valence electrons. The molecule has 33 heavy (non-hydrogen) atoms. The Kier molecular flexibility index (Phi) is 5.95. The Labute approximate surface area is 201 Å². The number of nitrogens with one attached hydrogen (secondary N) is 1. The number of hydrogen-bond donors (Lipinski definition) is 2. The van der Waals surface area contributed by atoms with Crippen LogP contribution in [0, 0.1) is 11.2 Å². The highest BCUT2D eigenvalue weighted by molar-refractivity contribution is 6.36. The Balaban J connectivity index is 1.40. The minimum absolute atomic E-state index is 0.0742. The highest BCUT2D eigenvalue weighted by atomic mass is 35.5. The summed E-state index contributed by atoms with van der Waals surface area (Å²) in [4.78, 5) is 4.29. The molecule has 2 saturated heterocycles. The molecule has 2 aliphatic rings. The molecule has 0 amide bonds. The fourth-order valence-corrected chi connectivity index (χ4v) is 5.28. The molecular formula is C23H24Cl2FN5O2. The van der Waals surface area contributed by atoms with E-state index in [1.807, 2.05) is 17.1 Å². The molecule has 2 aliphatic heterocycles. The van der Waals surface area contributed by atoms with Gasteiger partial charge in [-0.15, -0.1) is 0 Å². The minimum atomic E-state index is -0.643. The average Bonchev–Trinajstić information content (AvgIpc) is 3.27. The van der Waals surface area contributed by atoms with E-state index in [4.69, 9.17) is 38.4 Å². The fourth-order valence-electron chi connectivity index (χ4n) is 4.60. The van der Waals surface area contributed by atoms with Crippen LogP contribution < -0.4 is 15.8 Å². The third kappa shape index (κ3) is 4.05. The van der Waals surface area contributed by atoms with Gasteiger partial charge in [0.05, 0.1) is 35.9 Å². The molecule has 1 spiro atoms. The van der Waals surface area contributed by atoms with Gasteiger partial charge < -0.3 is 20.5 Å². The zero-order chi connectivity index (χ0) is 23.2. The molecule has 2 fully saturated rings. The normalized spacial score (nSPS) is 20.4. The highest BCUT2D eigenvalue weighted by Gasteiger charge is 2.48. The molecule has 0 aliphatic carbocycles. The summed E-state index contributed by atoms with van der Waals surface area (Å²) < 4.78 is 27.5. The van der Waals surface area contributed by atoms with Gasteiger partial charge in [0.25, 0.3) is 0 Å². The maximum absolute atomic E-state index is 14.0. The van der Waals surface area contributed by atoms with Gasteiger partial charge >= 0.3 is 0 Å². The standard InChI is InChI=1S/C23H24Cl2FN5O2/c1-13(20-16(24)2-3-17(26)21(20)25)33-18-6-14(7-29-22(18)27)15-8-30-31(9-15)19-4-5-28-10-23(19)11-32-12-23/h2-3,6-9,13,19,28H,4-5,10-12H2,1H3,(H2,27,29)/t13-,19?/m1/s1. The maximum Gasteiger partial charge on any atom is 0.166 e. The number of piperidine rings is 1. The Morgan fingerprint density at radius 2 is 2.12 bits per heavy atom. The lowest BCUT2D eigenvalue weighted by Crippen LogP contribution is -2.58. The summed E-state index contributed by atoms with van der Waals surface area (Å²) in [7, 11) is 0. The molecule has 5 rings (SSSR count). The molecule has 7 nitrogen and oxygen atoms in total. The molecule has 2 atom stereocenters. The first-order chi connectivity index (χ1) is 15.9. The van der Waals surface area contributed by atoms with E-state index >= 15 is 0 Å². The molecule has 0 saturated carbocycles. The molecule has 3 aromatic rings. The number of ether oxygens (including phenoxy) is 2. The van der Waals surface area contributed by atoms with E-state index in [1.54, 1.807) is 19.2 Å². The van der Waals surface area contributed by atoms with Gasteiger partial charge in [-0.3, -0.25) is 4.68 Å². The monoisotopic (exact) mass is 491 g/mol. The van der Waals surface area contributed by atoms with Crippen LogP contribution in [-0.4, -0.2) is 41.1 Å². The Hall–Kier alpha value is -2.39. The third-order valence-corrected chi connectivity index (χ3v) is 7.20. The minimum Gasteiger partial charge on any atom is -0.482 e. The summed E-state index contributed by atoms with van der Waals surface area (Å²) in [6.45, 7) is 5.09. The lowest BCUT2D eigenvalue weighted by molar-refractivity contribution is -0.150. The molecule has 1 unspecified atom stereocenters. The number of pyridine rings is 1. The Morgan fingerprint density at radius 3 is 2.88 bits per heavy atom. The molecule has 0 bridgehead atoms. The van der Waals surface area contributed by atoms with E-state index in [-0.39, 0.29) is 22.3 Å². The van der Waals surface area contributed by atoms with Crippen LogP contribution in [0.2, 0.25) is 10.0 Å². The van der Waals surface area contributed by atoms with Crippen LogP contribution in [0.4, 0.5) is 10.2 Å². The first-order valence-corrected chi connectivity index (χ1v) is 11.5. The van der Waals surface area contributed by atoms with E-state index in [1.165, 1.54) is 12.1 Å². The Bertz CT molecular complexity index is 1180. The maximum atomic E-state index is 14.0. The number of nitrogens with two attached hydrogens (primary N) is 1. The molecule has 1 aromatic carbocycles. The lowest BCUT2D eigenvalue weighted by atomic mass is 9.74. The van der Waals surface area contributed by atoms with Crippen LogP contribution >= 0.6 is 23.2 Å². The summed E-state index contributed by atoms with van der Waals surface area (Å²) in [5.74, 6) is 0.00626. The van der Waals surface area contributed by atoms with Crippen molar-refractivity contribution in [2.45, 2.75) is 25.5 Å². The van der Waals surface area contributed by atoms with Crippen molar-refractivity contribution < 1.29 is 13.9 Å². The predicted octanol–water partition coefficient (Wildman–Crippen LogP) is 4.66. The van der Waals surface area contributed by atoms with Crippen LogP contribution in [0.3, 0.4) is 0 Å². The number of rotatable bonds is 5. The summed E-state index contributed by atoms with van der Waals surface area (Å²) in [5.41, 5.74) is 8.22. The van der Waals surface area contributed by atoms with E-state index in [0.29, 0.717) is 16.3 Å². The molecule has 2 aromatic heterocycles. The molecule has 3 N–H and O–H groups in total. The second-order valence-corrected chi connectivity index (χ2v) is 9.45. The molecule has 10 heteroatoms. The zero-order valence-electron chi connectivity index (χ0n) is 18.0. The predicted molar refractivity (Wildman–Crippen MR) is 125 cm³/mol. The molecular weight excluding hydrogens is 468 g/mol. The van der Waals surface area contributed by atoms with Gasteiger partial charge in [-0.2, -0.15) is 5.10 Å². The van der Waals surface area contributed by atoms with Crippen molar-refractivity contribution in [2.75, 3.05) is 32.0 Å². The molecule has 4 heterocycles. The Morgan fingerprint density at radius 1 is 1.30 bits per heavy atom. The van der Waals surface area contributed by atoms with Crippen LogP contribution in [0.15, 0.2) is 36.8 Å². The van der Waals surface area contributed by atoms with Crippen molar-refractivity contribution >= 4 is 29.0 Å². The van der Waals surface area contributed by atoms with Crippen molar-refractivity contribution in [1.82, 2.24) is 20.1 Å². The van der Waals surface area contributed by atoms with Gasteiger partial charge in [-0.25, -0.2) is 9.37 Å². The number of nitrogens with zero attached hydrogens (tertiary/aromatic N) is 3. The summed E-state index contributed by atoms with van der Waals surface area (Å²) in [6.07, 6.45) is 5.87. The second-order valence-electron chi connectivity index (χ2n) is 8.67. The largest absolute Gasteiger partial charge is 0.482 e. The smallest absolute Gasteiger partial charge is 0.166 e. The van der Waals surface area contributed by atoms with Gasteiger partial charge in [-0.1, -0.05) is 23.2 Å². The second kappa shape index (κ2) is 8.76.